The molecule has 4 nitrogen and oxygen atoms in total. The molecule has 0 atom stereocenters. The summed E-state index contributed by atoms with van der Waals surface area (Å²) in [6, 6.07) is 7.24. The van der Waals surface area contributed by atoms with Crippen LogP contribution in [0.25, 0.3) is 0 Å². The van der Waals surface area contributed by atoms with Crippen molar-refractivity contribution in [2.24, 2.45) is 5.10 Å². The summed E-state index contributed by atoms with van der Waals surface area (Å²) in [5, 5.41) is 5.08. The molecule has 1 amide bonds. The second kappa shape index (κ2) is 9.40. The average Bonchev–Trinajstić information content (AvgIpc) is 3.03. The van der Waals surface area contributed by atoms with E-state index in [-0.39, 0.29) is 5.91 Å². The van der Waals surface area contributed by atoms with Crippen molar-refractivity contribution in [3.05, 3.63) is 49.6 Å². The number of carbonyl (C=O) groups is 1. The third kappa shape index (κ3) is 5.47. The minimum Gasteiger partial charge on any atom is -0.492 e. The highest BCUT2D eigenvalue weighted by atomic mass is 35.5. The van der Waals surface area contributed by atoms with Crippen LogP contribution in [0, 0.1) is 0 Å². The van der Waals surface area contributed by atoms with Crippen molar-refractivity contribution in [3.63, 3.8) is 0 Å². The SMILES string of the molecule is O=C(CCCOc1ccc(Cl)cc1Cl)N/N=C/c1cc2c(s1)CCCC2. The molecule has 1 heterocycles. The maximum atomic E-state index is 11.8. The highest BCUT2D eigenvalue weighted by Crippen LogP contribution is 2.29. The van der Waals surface area contributed by atoms with Gasteiger partial charge in [0.2, 0.25) is 5.91 Å². The fourth-order valence-corrected chi connectivity index (χ4v) is 4.40. The first-order valence-corrected chi connectivity index (χ1v) is 10.2. The van der Waals surface area contributed by atoms with E-state index in [9.17, 15) is 4.79 Å². The zero-order valence-electron chi connectivity index (χ0n) is 14.3. The van der Waals surface area contributed by atoms with Gasteiger partial charge in [-0.1, -0.05) is 23.2 Å². The van der Waals surface area contributed by atoms with Gasteiger partial charge in [0.25, 0.3) is 0 Å². The molecule has 1 aromatic carbocycles. The van der Waals surface area contributed by atoms with Crippen molar-refractivity contribution in [2.45, 2.75) is 38.5 Å². The van der Waals surface area contributed by atoms with Gasteiger partial charge >= 0.3 is 0 Å². The summed E-state index contributed by atoms with van der Waals surface area (Å²) in [7, 11) is 0. The van der Waals surface area contributed by atoms with Crippen molar-refractivity contribution in [2.75, 3.05) is 6.61 Å². The van der Waals surface area contributed by atoms with Crippen molar-refractivity contribution in [1.82, 2.24) is 5.43 Å². The van der Waals surface area contributed by atoms with Gasteiger partial charge in [-0.05, 0) is 61.9 Å². The maximum Gasteiger partial charge on any atom is 0.240 e. The summed E-state index contributed by atoms with van der Waals surface area (Å²) in [6.07, 6.45) is 7.49. The van der Waals surface area contributed by atoms with Gasteiger partial charge in [0, 0.05) is 21.2 Å². The third-order valence-corrected chi connectivity index (χ3v) is 5.80. The lowest BCUT2D eigenvalue weighted by Gasteiger charge is -2.08. The number of thiophene rings is 1. The smallest absolute Gasteiger partial charge is 0.240 e. The molecule has 7 heteroatoms. The van der Waals surface area contributed by atoms with Crippen LogP contribution in [-0.4, -0.2) is 18.7 Å². The molecule has 0 saturated carbocycles. The Balaban J connectivity index is 1.37. The Labute approximate surface area is 167 Å². The van der Waals surface area contributed by atoms with Crippen LogP contribution in [0.2, 0.25) is 10.0 Å². The zero-order chi connectivity index (χ0) is 18.4. The number of hydrogen-bond acceptors (Lipinski definition) is 4. The Morgan fingerprint density at radius 1 is 1.27 bits per heavy atom. The second-order valence-electron chi connectivity index (χ2n) is 6.12. The van der Waals surface area contributed by atoms with Crippen LogP contribution in [0.4, 0.5) is 0 Å². The van der Waals surface area contributed by atoms with E-state index < -0.39 is 0 Å². The molecule has 0 radical (unpaired) electrons. The molecule has 0 fully saturated rings. The molecule has 3 rings (SSSR count). The number of ether oxygens (including phenoxy) is 1. The largest absolute Gasteiger partial charge is 0.492 e. The number of aryl methyl sites for hydroxylation is 2. The Morgan fingerprint density at radius 3 is 2.92 bits per heavy atom. The van der Waals surface area contributed by atoms with Gasteiger partial charge in [0.15, 0.2) is 0 Å². The topological polar surface area (TPSA) is 50.7 Å². The Hall–Kier alpha value is -1.56. The molecule has 1 aromatic heterocycles. The molecule has 1 aliphatic rings. The molecule has 0 aliphatic heterocycles. The molecule has 0 spiro atoms. The molecule has 0 unspecified atom stereocenters. The van der Waals surface area contributed by atoms with Crippen molar-refractivity contribution in [3.8, 4) is 5.75 Å². The molecule has 2 aromatic rings. The summed E-state index contributed by atoms with van der Waals surface area (Å²) in [4.78, 5) is 14.4. The monoisotopic (exact) mass is 410 g/mol. The molecular weight excluding hydrogens is 391 g/mol. The lowest BCUT2D eigenvalue weighted by Crippen LogP contribution is -2.17. The first-order chi connectivity index (χ1) is 12.6. The number of nitrogens with zero attached hydrogens (tertiary/aromatic N) is 1. The zero-order valence-corrected chi connectivity index (χ0v) is 16.6. The first-order valence-electron chi connectivity index (χ1n) is 8.63. The summed E-state index contributed by atoms with van der Waals surface area (Å²) in [6.45, 7) is 0.399. The van der Waals surface area contributed by atoms with Crippen LogP contribution >= 0.6 is 34.5 Å². The Bertz CT molecular complexity index is 781. The van der Waals surface area contributed by atoms with E-state index in [0.29, 0.717) is 35.2 Å². The summed E-state index contributed by atoms with van der Waals surface area (Å²) in [5.41, 5.74) is 4.00. The number of nitrogens with one attached hydrogen (secondary N) is 1. The maximum absolute atomic E-state index is 11.8. The highest BCUT2D eigenvalue weighted by Gasteiger charge is 2.12. The Kier molecular flexibility index (Phi) is 6.94. The number of hydrazone groups is 1. The summed E-state index contributed by atoms with van der Waals surface area (Å²) < 4.78 is 5.56. The van der Waals surface area contributed by atoms with Gasteiger partial charge in [-0.15, -0.1) is 11.3 Å². The van der Waals surface area contributed by atoms with E-state index in [1.54, 1.807) is 35.8 Å². The Morgan fingerprint density at radius 2 is 2.12 bits per heavy atom. The van der Waals surface area contributed by atoms with Crippen LogP contribution in [0.5, 0.6) is 5.75 Å². The predicted molar refractivity (Wildman–Crippen MR) is 108 cm³/mol. The second-order valence-corrected chi connectivity index (χ2v) is 8.14. The van der Waals surface area contributed by atoms with Crippen LogP contribution in [0.3, 0.4) is 0 Å². The van der Waals surface area contributed by atoms with Crippen LogP contribution in [-0.2, 0) is 17.6 Å². The van der Waals surface area contributed by atoms with Gasteiger partial charge in [0.1, 0.15) is 5.75 Å². The van der Waals surface area contributed by atoms with Gasteiger partial charge in [-0.25, -0.2) is 5.43 Å². The number of benzene rings is 1. The molecule has 1 N–H and O–H groups in total. The van der Waals surface area contributed by atoms with Crippen molar-refractivity contribution < 1.29 is 9.53 Å². The minimum absolute atomic E-state index is 0.131. The number of halogens is 2. The number of carbonyl (C=O) groups excluding carboxylic acids is 1. The lowest BCUT2D eigenvalue weighted by atomic mass is 9.99. The number of amides is 1. The number of fused-ring (bicyclic) bond motifs is 1. The average molecular weight is 411 g/mol. The fourth-order valence-electron chi connectivity index (χ4n) is 2.81. The van der Waals surface area contributed by atoms with Crippen LogP contribution < -0.4 is 10.2 Å². The quantitative estimate of drug-likeness (QED) is 0.385. The van der Waals surface area contributed by atoms with Crippen molar-refractivity contribution >= 4 is 46.7 Å². The standard InChI is InChI=1S/C19H20Cl2N2O2S/c20-14-7-8-17(16(21)11-14)25-9-3-6-19(24)23-22-12-15-10-13-4-1-2-5-18(13)26-15/h7-8,10-12H,1-6,9H2,(H,23,24)/b22-12+. The van der Waals surface area contributed by atoms with E-state index >= 15 is 0 Å². The van der Waals surface area contributed by atoms with Gasteiger partial charge < -0.3 is 4.74 Å². The van der Waals surface area contributed by atoms with Gasteiger partial charge in [0.05, 0.1) is 17.8 Å². The van der Waals surface area contributed by atoms with E-state index in [2.05, 4.69) is 16.6 Å². The molecule has 1 aliphatic carbocycles. The van der Waals surface area contributed by atoms with Crippen LogP contribution in [0.1, 0.15) is 41.0 Å². The first kappa shape index (κ1) is 19.2. The number of hydrogen-bond donors (Lipinski definition) is 1. The van der Waals surface area contributed by atoms with E-state index in [1.165, 1.54) is 23.3 Å². The van der Waals surface area contributed by atoms with Gasteiger partial charge in [-0.2, -0.15) is 5.10 Å². The number of rotatable bonds is 7. The minimum atomic E-state index is -0.131. The molecule has 0 saturated heterocycles. The molecule has 138 valence electrons. The molecule has 26 heavy (non-hydrogen) atoms. The summed E-state index contributed by atoms with van der Waals surface area (Å²) >= 11 is 13.6. The summed E-state index contributed by atoms with van der Waals surface area (Å²) in [5.74, 6) is 0.435. The van der Waals surface area contributed by atoms with Crippen molar-refractivity contribution in [1.29, 1.82) is 0 Å². The van der Waals surface area contributed by atoms with Crippen LogP contribution in [0.15, 0.2) is 29.4 Å². The highest BCUT2D eigenvalue weighted by molar-refractivity contribution is 7.13. The van der Waals surface area contributed by atoms with E-state index in [4.69, 9.17) is 27.9 Å². The van der Waals surface area contributed by atoms with Gasteiger partial charge in [-0.3, -0.25) is 4.79 Å². The molecule has 0 bridgehead atoms. The van der Waals surface area contributed by atoms with E-state index in [1.807, 2.05) is 0 Å². The third-order valence-electron chi connectivity index (χ3n) is 4.10. The fraction of sp³-hybridized carbons (Fsp3) is 0.368. The van der Waals surface area contributed by atoms with E-state index in [0.717, 1.165) is 17.7 Å². The predicted octanol–water partition coefficient (Wildman–Crippen LogP) is 5.24. The normalized spacial score (nSPS) is 13.6. The molecular formula is C19H20Cl2N2O2S. The lowest BCUT2D eigenvalue weighted by molar-refractivity contribution is -0.121.